The molecule has 0 radical (unpaired) electrons. The first-order valence-corrected chi connectivity index (χ1v) is 8.42. The quantitative estimate of drug-likeness (QED) is 0.669. The third-order valence-electron chi connectivity index (χ3n) is 3.25. The van der Waals surface area contributed by atoms with Gasteiger partial charge in [0.1, 0.15) is 11.6 Å². The number of hydrogen-bond acceptors (Lipinski definition) is 5. The van der Waals surface area contributed by atoms with E-state index in [0.29, 0.717) is 24.8 Å². The van der Waals surface area contributed by atoms with Crippen LogP contribution < -0.4 is 10.0 Å². The normalized spacial score (nSPS) is 15.4. The summed E-state index contributed by atoms with van der Waals surface area (Å²) in [6.45, 7) is 0.832. The van der Waals surface area contributed by atoms with Gasteiger partial charge in [0.05, 0.1) is 6.54 Å². The number of imidazole rings is 1. The fraction of sp³-hybridized carbons (Fsp3) is 0.462. The highest BCUT2D eigenvalue weighted by molar-refractivity contribution is 7.89. The van der Waals surface area contributed by atoms with E-state index in [2.05, 4.69) is 20.0 Å². The third kappa shape index (κ3) is 3.93. The van der Waals surface area contributed by atoms with E-state index in [0.717, 1.165) is 5.82 Å². The summed E-state index contributed by atoms with van der Waals surface area (Å²) >= 11 is 0. The Morgan fingerprint density at radius 1 is 1.38 bits per heavy atom. The van der Waals surface area contributed by atoms with E-state index < -0.39 is 10.0 Å². The lowest BCUT2D eigenvalue weighted by molar-refractivity contribution is 0.399. The molecule has 1 aliphatic rings. The summed E-state index contributed by atoms with van der Waals surface area (Å²) in [6.07, 6.45) is 6.20. The summed E-state index contributed by atoms with van der Waals surface area (Å²) in [4.78, 5) is 6.96. The van der Waals surface area contributed by atoms with Crippen LogP contribution in [0, 0.1) is 0 Å². The Morgan fingerprint density at radius 2 is 2.24 bits per heavy atom. The van der Waals surface area contributed by atoms with Crippen molar-refractivity contribution < 1.29 is 12.8 Å². The highest BCUT2D eigenvalue weighted by atomic mass is 32.2. The van der Waals surface area contributed by atoms with Crippen LogP contribution in [0.2, 0.25) is 0 Å². The van der Waals surface area contributed by atoms with Crippen LogP contribution in [0.5, 0.6) is 0 Å². The van der Waals surface area contributed by atoms with Crippen molar-refractivity contribution in [3.8, 4) is 0 Å². The van der Waals surface area contributed by atoms with Crippen LogP contribution in [0.1, 0.15) is 24.4 Å². The average Bonchev–Trinajstić information content (AvgIpc) is 2.93. The van der Waals surface area contributed by atoms with E-state index in [1.54, 1.807) is 18.5 Å². The Hall–Kier alpha value is -1.64. The van der Waals surface area contributed by atoms with Crippen LogP contribution in [-0.2, 0) is 23.0 Å². The van der Waals surface area contributed by atoms with Crippen molar-refractivity contribution in [3.05, 3.63) is 36.1 Å². The van der Waals surface area contributed by atoms with Crippen molar-refractivity contribution in [1.82, 2.24) is 20.0 Å². The first kappa shape index (κ1) is 14.3. The molecule has 2 aromatic rings. The van der Waals surface area contributed by atoms with Crippen LogP contribution in [0.4, 0.5) is 0 Å². The number of rotatable bonds is 8. The molecule has 2 aromatic heterocycles. The summed E-state index contributed by atoms with van der Waals surface area (Å²) in [7, 11) is -3.60. The van der Waals surface area contributed by atoms with Gasteiger partial charge in [-0.2, -0.15) is 0 Å². The standard InChI is InChI=1S/C13H18N4O3S/c18-21(19,17-6-5-12-14-7-8-15-12)13-4-3-11(20-13)9-16-10-1-2-10/h3-4,7-8,10,16-17H,1-2,5-6,9H2,(H,14,15). The number of aromatic nitrogens is 2. The smallest absolute Gasteiger partial charge is 0.273 e. The monoisotopic (exact) mass is 310 g/mol. The lowest BCUT2D eigenvalue weighted by Crippen LogP contribution is -2.26. The van der Waals surface area contributed by atoms with Gasteiger partial charge < -0.3 is 14.7 Å². The Labute approximate surface area is 123 Å². The molecular weight excluding hydrogens is 292 g/mol. The maximum absolute atomic E-state index is 12.1. The van der Waals surface area contributed by atoms with E-state index in [1.807, 2.05) is 0 Å². The molecule has 2 heterocycles. The summed E-state index contributed by atoms with van der Waals surface area (Å²) in [6, 6.07) is 3.73. The van der Waals surface area contributed by atoms with E-state index in [1.165, 1.54) is 18.9 Å². The average molecular weight is 310 g/mol. The van der Waals surface area contributed by atoms with Crippen LogP contribution in [0.15, 0.2) is 34.0 Å². The molecule has 114 valence electrons. The van der Waals surface area contributed by atoms with E-state index in [-0.39, 0.29) is 11.6 Å². The molecule has 1 saturated carbocycles. The summed E-state index contributed by atoms with van der Waals surface area (Å²) in [5.74, 6) is 1.37. The molecule has 0 spiro atoms. The van der Waals surface area contributed by atoms with Crippen LogP contribution >= 0.6 is 0 Å². The maximum atomic E-state index is 12.1. The van der Waals surface area contributed by atoms with Gasteiger partial charge in [-0.05, 0) is 25.0 Å². The highest BCUT2D eigenvalue weighted by Gasteiger charge is 2.22. The van der Waals surface area contributed by atoms with Crippen molar-refractivity contribution in [3.63, 3.8) is 0 Å². The Bertz CT molecular complexity index is 674. The molecule has 7 nitrogen and oxygen atoms in total. The fourth-order valence-electron chi connectivity index (χ4n) is 1.94. The summed E-state index contributed by atoms with van der Waals surface area (Å²) in [5.41, 5.74) is 0. The van der Waals surface area contributed by atoms with Gasteiger partial charge in [0.15, 0.2) is 0 Å². The molecule has 21 heavy (non-hydrogen) atoms. The Morgan fingerprint density at radius 3 is 2.95 bits per heavy atom. The number of nitrogens with one attached hydrogen (secondary N) is 3. The zero-order chi connectivity index (χ0) is 14.7. The second-order valence-electron chi connectivity index (χ2n) is 5.06. The van der Waals surface area contributed by atoms with E-state index in [9.17, 15) is 8.42 Å². The molecule has 0 aliphatic heterocycles. The van der Waals surface area contributed by atoms with Gasteiger partial charge in [-0.1, -0.05) is 0 Å². The lowest BCUT2D eigenvalue weighted by Gasteiger charge is -2.03. The highest BCUT2D eigenvalue weighted by Crippen LogP contribution is 2.20. The van der Waals surface area contributed by atoms with Crippen LogP contribution in [0.3, 0.4) is 0 Å². The van der Waals surface area contributed by atoms with Crippen molar-refractivity contribution in [2.24, 2.45) is 0 Å². The Balaban J connectivity index is 1.53. The van der Waals surface area contributed by atoms with Gasteiger partial charge in [0.25, 0.3) is 10.0 Å². The van der Waals surface area contributed by atoms with Gasteiger partial charge in [0, 0.05) is 31.4 Å². The fourth-order valence-corrected chi connectivity index (χ4v) is 2.92. The second-order valence-corrected chi connectivity index (χ2v) is 6.76. The molecule has 0 atom stereocenters. The third-order valence-corrected chi connectivity index (χ3v) is 4.59. The van der Waals surface area contributed by atoms with Crippen molar-refractivity contribution in [1.29, 1.82) is 0 Å². The second kappa shape index (κ2) is 6.00. The van der Waals surface area contributed by atoms with Crippen molar-refractivity contribution >= 4 is 10.0 Å². The molecule has 8 heteroatoms. The molecule has 3 rings (SSSR count). The van der Waals surface area contributed by atoms with Crippen molar-refractivity contribution in [2.75, 3.05) is 6.54 Å². The topological polar surface area (TPSA) is 100 Å². The van der Waals surface area contributed by atoms with Gasteiger partial charge in [-0.3, -0.25) is 0 Å². The maximum Gasteiger partial charge on any atom is 0.273 e. The van der Waals surface area contributed by atoms with E-state index >= 15 is 0 Å². The largest absolute Gasteiger partial charge is 0.447 e. The minimum Gasteiger partial charge on any atom is -0.447 e. The van der Waals surface area contributed by atoms with Crippen LogP contribution in [0.25, 0.3) is 0 Å². The molecule has 1 aliphatic carbocycles. The Kier molecular flexibility index (Phi) is 4.09. The van der Waals surface area contributed by atoms with Gasteiger partial charge >= 0.3 is 0 Å². The van der Waals surface area contributed by atoms with Gasteiger partial charge in [-0.25, -0.2) is 18.1 Å². The first-order valence-electron chi connectivity index (χ1n) is 6.93. The van der Waals surface area contributed by atoms with Crippen molar-refractivity contribution in [2.45, 2.75) is 36.9 Å². The molecule has 0 bridgehead atoms. The summed E-state index contributed by atoms with van der Waals surface area (Å²) in [5, 5.41) is 3.23. The first-order chi connectivity index (χ1) is 10.1. The molecule has 0 saturated heterocycles. The number of nitrogens with zero attached hydrogens (tertiary/aromatic N) is 1. The summed E-state index contributed by atoms with van der Waals surface area (Å²) < 4.78 is 32.0. The molecule has 3 N–H and O–H groups in total. The number of furan rings is 1. The molecule has 0 amide bonds. The lowest BCUT2D eigenvalue weighted by atomic mass is 10.4. The molecular formula is C13H18N4O3S. The van der Waals surface area contributed by atoms with E-state index in [4.69, 9.17) is 4.42 Å². The SMILES string of the molecule is O=S(=O)(NCCc1ncc[nH]1)c1ccc(CNC2CC2)o1. The molecule has 0 aromatic carbocycles. The number of aromatic amines is 1. The minimum absolute atomic E-state index is 0.0467. The van der Waals surface area contributed by atoms with Gasteiger partial charge in [0.2, 0.25) is 5.09 Å². The predicted octanol–water partition coefficient (Wildman–Crippen LogP) is 0.776. The number of H-pyrrole nitrogens is 1. The van der Waals surface area contributed by atoms with Gasteiger partial charge in [-0.15, -0.1) is 0 Å². The number of hydrogen-bond donors (Lipinski definition) is 3. The minimum atomic E-state index is -3.60. The molecule has 1 fully saturated rings. The zero-order valence-corrected chi connectivity index (χ0v) is 12.3. The van der Waals surface area contributed by atoms with Crippen LogP contribution in [-0.4, -0.2) is 31.0 Å². The molecule has 0 unspecified atom stereocenters. The number of sulfonamides is 1. The zero-order valence-electron chi connectivity index (χ0n) is 11.5. The predicted molar refractivity (Wildman–Crippen MR) is 76.0 cm³/mol.